The molecule has 1 aliphatic heterocycles. The Labute approximate surface area is 161 Å². The zero-order valence-corrected chi connectivity index (χ0v) is 16.1. The highest BCUT2D eigenvalue weighted by molar-refractivity contribution is 5.93. The summed E-state index contributed by atoms with van der Waals surface area (Å²) in [6.45, 7) is 5.81. The molecule has 2 unspecified atom stereocenters. The van der Waals surface area contributed by atoms with Gasteiger partial charge in [-0.25, -0.2) is 0 Å². The van der Waals surface area contributed by atoms with Gasteiger partial charge in [0.25, 0.3) is 0 Å². The van der Waals surface area contributed by atoms with Crippen molar-refractivity contribution >= 4 is 24.0 Å². The van der Waals surface area contributed by atoms with E-state index in [0.717, 1.165) is 48.5 Å². The first-order valence-electron chi connectivity index (χ1n) is 8.97. The van der Waals surface area contributed by atoms with Crippen LogP contribution >= 0.6 is 12.4 Å². The van der Waals surface area contributed by atoms with Gasteiger partial charge in [-0.05, 0) is 62.6 Å². The molecule has 4 nitrogen and oxygen atoms in total. The summed E-state index contributed by atoms with van der Waals surface area (Å²) in [4.78, 5) is 12.4. The van der Waals surface area contributed by atoms with Crippen LogP contribution in [0, 0.1) is 12.8 Å². The van der Waals surface area contributed by atoms with E-state index in [-0.39, 0.29) is 30.3 Å². The monoisotopic (exact) mass is 374 g/mol. The van der Waals surface area contributed by atoms with E-state index in [9.17, 15) is 4.79 Å². The third-order valence-electron chi connectivity index (χ3n) is 4.71. The second-order valence-corrected chi connectivity index (χ2v) is 6.68. The van der Waals surface area contributed by atoms with E-state index >= 15 is 0 Å². The lowest BCUT2D eigenvalue weighted by Crippen LogP contribution is -2.37. The smallest absolute Gasteiger partial charge is 0.228 e. The van der Waals surface area contributed by atoms with E-state index in [1.165, 1.54) is 0 Å². The van der Waals surface area contributed by atoms with Crippen molar-refractivity contribution in [1.29, 1.82) is 0 Å². The Morgan fingerprint density at radius 1 is 1.23 bits per heavy atom. The predicted octanol–water partition coefficient (Wildman–Crippen LogP) is 4.49. The first-order chi connectivity index (χ1) is 12.1. The molecule has 0 aliphatic carbocycles. The van der Waals surface area contributed by atoms with Gasteiger partial charge in [-0.15, -0.1) is 12.4 Å². The molecule has 1 amide bonds. The number of aryl methyl sites for hydroxylation is 1. The molecule has 2 atom stereocenters. The van der Waals surface area contributed by atoms with Gasteiger partial charge in [0.2, 0.25) is 5.91 Å². The highest BCUT2D eigenvalue weighted by Crippen LogP contribution is 2.26. The number of ether oxygens (including phenoxy) is 1. The van der Waals surface area contributed by atoms with Gasteiger partial charge in [0.05, 0.1) is 5.92 Å². The van der Waals surface area contributed by atoms with Gasteiger partial charge < -0.3 is 15.4 Å². The normalized spacial score (nSPS) is 17.7. The SMILES string of the molecule is Cc1cc(OC(C)c2ccccc2)ccc1NC(=O)C1CCCNC1.Cl. The van der Waals surface area contributed by atoms with Crippen molar-refractivity contribution in [3.8, 4) is 5.75 Å². The summed E-state index contributed by atoms with van der Waals surface area (Å²) < 4.78 is 6.03. The fourth-order valence-corrected chi connectivity index (χ4v) is 3.16. The minimum atomic E-state index is -0.0191. The van der Waals surface area contributed by atoms with Crippen molar-refractivity contribution in [3.63, 3.8) is 0 Å². The van der Waals surface area contributed by atoms with Crippen LogP contribution in [0.1, 0.15) is 37.0 Å². The number of carbonyl (C=O) groups is 1. The number of hydrogen-bond donors (Lipinski definition) is 2. The van der Waals surface area contributed by atoms with E-state index in [1.54, 1.807) is 0 Å². The van der Waals surface area contributed by atoms with E-state index in [2.05, 4.69) is 22.8 Å². The van der Waals surface area contributed by atoms with Crippen molar-refractivity contribution in [3.05, 3.63) is 59.7 Å². The summed E-state index contributed by atoms with van der Waals surface area (Å²) in [5.74, 6) is 0.968. The summed E-state index contributed by atoms with van der Waals surface area (Å²) in [5, 5.41) is 6.34. The Balaban J connectivity index is 0.00000243. The van der Waals surface area contributed by atoms with Crippen LogP contribution in [0.4, 0.5) is 5.69 Å². The molecule has 1 aliphatic rings. The molecule has 0 saturated carbocycles. The molecule has 1 saturated heterocycles. The maximum atomic E-state index is 12.4. The second kappa shape index (κ2) is 9.60. The summed E-state index contributed by atoms with van der Waals surface area (Å²) in [6.07, 6.45) is 1.99. The number of benzene rings is 2. The van der Waals surface area contributed by atoms with Crippen LogP contribution in [0.25, 0.3) is 0 Å². The lowest BCUT2D eigenvalue weighted by atomic mass is 9.98. The Hall–Kier alpha value is -2.04. The topological polar surface area (TPSA) is 50.4 Å². The summed E-state index contributed by atoms with van der Waals surface area (Å²) in [5.41, 5.74) is 3.01. The van der Waals surface area contributed by atoms with Gasteiger partial charge in [-0.2, -0.15) is 0 Å². The number of anilines is 1. The summed E-state index contributed by atoms with van der Waals surface area (Å²) in [6, 6.07) is 16.0. The number of amides is 1. The second-order valence-electron chi connectivity index (χ2n) is 6.68. The van der Waals surface area contributed by atoms with E-state index in [4.69, 9.17) is 4.74 Å². The van der Waals surface area contributed by atoms with Crippen molar-refractivity contribution in [2.45, 2.75) is 32.8 Å². The number of carbonyl (C=O) groups excluding carboxylic acids is 1. The molecule has 1 fully saturated rings. The molecule has 2 N–H and O–H groups in total. The highest BCUT2D eigenvalue weighted by Gasteiger charge is 2.21. The van der Waals surface area contributed by atoms with Crippen molar-refractivity contribution in [2.75, 3.05) is 18.4 Å². The Kier molecular flexibility index (Phi) is 7.49. The zero-order valence-electron chi connectivity index (χ0n) is 15.3. The fourth-order valence-electron chi connectivity index (χ4n) is 3.16. The van der Waals surface area contributed by atoms with Crippen molar-refractivity contribution in [1.82, 2.24) is 5.32 Å². The number of hydrogen-bond acceptors (Lipinski definition) is 3. The first-order valence-corrected chi connectivity index (χ1v) is 8.97. The Morgan fingerprint density at radius 2 is 2.00 bits per heavy atom. The maximum absolute atomic E-state index is 12.4. The van der Waals surface area contributed by atoms with Gasteiger partial charge >= 0.3 is 0 Å². The molecule has 2 aromatic rings. The van der Waals surface area contributed by atoms with E-state index in [1.807, 2.05) is 50.2 Å². The molecular weight excluding hydrogens is 348 g/mol. The van der Waals surface area contributed by atoms with Gasteiger partial charge in [-0.1, -0.05) is 30.3 Å². The van der Waals surface area contributed by atoms with Crippen LogP contribution in [-0.4, -0.2) is 19.0 Å². The van der Waals surface area contributed by atoms with Crippen LogP contribution < -0.4 is 15.4 Å². The molecule has 5 heteroatoms. The molecule has 26 heavy (non-hydrogen) atoms. The van der Waals surface area contributed by atoms with E-state index in [0.29, 0.717) is 0 Å². The van der Waals surface area contributed by atoms with Gasteiger partial charge in [0, 0.05) is 12.2 Å². The largest absolute Gasteiger partial charge is 0.486 e. The molecule has 0 radical (unpaired) electrons. The minimum absolute atomic E-state index is 0. The van der Waals surface area contributed by atoms with Crippen molar-refractivity contribution < 1.29 is 9.53 Å². The first kappa shape index (κ1) is 20.3. The van der Waals surface area contributed by atoms with Crippen LogP contribution in [0.5, 0.6) is 5.75 Å². The van der Waals surface area contributed by atoms with E-state index < -0.39 is 0 Å². The third kappa shape index (κ3) is 5.23. The molecule has 0 aromatic heterocycles. The van der Waals surface area contributed by atoms with Crippen LogP contribution in [-0.2, 0) is 4.79 Å². The number of nitrogens with one attached hydrogen (secondary N) is 2. The zero-order chi connectivity index (χ0) is 17.6. The molecular formula is C21H27ClN2O2. The van der Waals surface area contributed by atoms with Crippen molar-refractivity contribution in [2.24, 2.45) is 5.92 Å². The average Bonchev–Trinajstić information content (AvgIpc) is 2.65. The van der Waals surface area contributed by atoms with Gasteiger partial charge in [0.1, 0.15) is 11.9 Å². The molecule has 2 aromatic carbocycles. The Bertz CT molecular complexity index is 715. The van der Waals surface area contributed by atoms with Gasteiger partial charge in [0.15, 0.2) is 0 Å². The van der Waals surface area contributed by atoms with Gasteiger partial charge in [-0.3, -0.25) is 4.79 Å². The number of rotatable bonds is 5. The predicted molar refractivity (Wildman–Crippen MR) is 108 cm³/mol. The van der Waals surface area contributed by atoms with Crippen LogP contribution in [0.15, 0.2) is 48.5 Å². The molecule has 3 rings (SSSR count). The number of piperidine rings is 1. The highest BCUT2D eigenvalue weighted by atomic mass is 35.5. The summed E-state index contributed by atoms with van der Waals surface area (Å²) >= 11 is 0. The summed E-state index contributed by atoms with van der Waals surface area (Å²) in [7, 11) is 0. The Morgan fingerprint density at radius 3 is 2.65 bits per heavy atom. The fraction of sp³-hybridized carbons (Fsp3) is 0.381. The third-order valence-corrected chi connectivity index (χ3v) is 4.71. The number of halogens is 1. The maximum Gasteiger partial charge on any atom is 0.228 e. The standard InChI is InChI=1S/C21H26N2O2.ClH/c1-15-13-19(25-16(2)17-7-4-3-5-8-17)10-11-20(15)23-21(24)18-9-6-12-22-14-18;/h3-5,7-8,10-11,13,16,18,22H,6,9,12,14H2,1-2H3,(H,23,24);1H. The lowest BCUT2D eigenvalue weighted by Gasteiger charge is -2.22. The molecule has 1 heterocycles. The minimum Gasteiger partial charge on any atom is -0.486 e. The molecule has 0 bridgehead atoms. The lowest BCUT2D eigenvalue weighted by molar-refractivity contribution is -0.120. The molecule has 140 valence electrons. The van der Waals surface area contributed by atoms with Crippen LogP contribution in [0.3, 0.4) is 0 Å². The quantitative estimate of drug-likeness (QED) is 0.810. The van der Waals surface area contributed by atoms with Crippen LogP contribution in [0.2, 0.25) is 0 Å². The molecule has 0 spiro atoms. The average molecular weight is 375 g/mol.